The number of nitrogens with zero attached hydrogens (tertiary/aromatic N) is 1. The fourth-order valence-electron chi connectivity index (χ4n) is 1.48. The maximum Gasteiger partial charge on any atom is 0.262 e. The van der Waals surface area contributed by atoms with Crippen molar-refractivity contribution in [2.45, 2.75) is 6.92 Å². The van der Waals surface area contributed by atoms with Gasteiger partial charge in [-0.05, 0) is 13.0 Å². The highest BCUT2D eigenvalue weighted by molar-refractivity contribution is 9.10. The van der Waals surface area contributed by atoms with Gasteiger partial charge in [0.05, 0.1) is 0 Å². The molecule has 0 unspecified atom stereocenters. The van der Waals surface area contributed by atoms with Crippen molar-refractivity contribution in [1.82, 2.24) is 9.97 Å². The molecule has 0 bridgehead atoms. The maximum absolute atomic E-state index is 11.7. The molecule has 2 aromatic rings. The Morgan fingerprint density at radius 3 is 2.69 bits per heavy atom. The summed E-state index contributed by atoms with van der Waals surface area (Å²) in [6.07, 6.45) is 0. The highest BCUT2D eigenvalue weighted by atomic mass is 79.9. The Hall–Kier alpha value is -1.62. The Morgan fingerprint density at radius 1 is 1.38 bits per heavy atom. The highest BCUT2D eigenvalue weighted by Gasteiger charge is 2.13. The average Bonchev–Trinajstić information content (AvgIpc) is 2.19. The number of aromatic hydroxyl groups is 1. The summed E-state index contributed by atoms with van der Waals surface area (Å²) in [6.45, 7) is 1.62. The van der Waals surface area contributed by atoms with E-state index in [9.17, 15) is 9.90 Å². The van der Waals surface area contributed by atoms with Crippen molar-refractivity contribution in [1.29, 1.82) is 0 Å². The first kappa shape index (κ1) is 10.9. The summed E-state index contributed by atoms with van der Waals surface area (Å²) in [4.78, 5) is 18.1. The number of halogens is 1. The van der Waals surface area contributed by atoms with E-state index >= 15 is 0 Å². The fraction of sp³-hybridized carbons (Fsp3) is 0.0909. The molecule has 0 radical (unpaired) electrons. The van der Waals surface area contributed by atoms with Crippen molar-refractivity contribution in [3.05, 3.63) is 44.9 Å². The van der Waals surface area contributed by atoms with E-state index in [-0.39, 0.29) is 17.0 Å². The van der Waals surface area contributed by atoms with Crippen LogP contribution in [0.25, 0.3) is 11.1 Å². The number of rotatable bonds is 1. The van der Waals surface area contributed by atoms with Crippen LogP contribution in [0.1, 0.15) is 5.82 Å². The molecular weight excluding hydrogens is 272 g/mol. The molecule has 2 N–H and O–H groups in total. The van der Waals surface area contributed by atoms with Crippen LogP contribution < -0.4 is 5.56 Å². The van der Waals surface area contributed by atoms with Crippen molar-refractivity contribution >= 4 is 15.9 Å². The van der Waals surface area contributed by atoms with Crippen LogP contribution in [-0.4, -0.2) is 15.1 Å². The summed E-state index contributed by atoms with van der Waals surface area (Å²) in [6, 6.07) is 7.17. The second-order valence-electron chi connectivity index (χ2n) is 3.33. The fourth-order valence-corrected chi connectivity index (χ4v) is 1.96. The number of nitrogens with one attached hydrogen (secondary N) is 1. The van der Waals surface area contributed by atoms with Crippen LogP contribution in [0.15, 0.2) is 33.5 Å². The van der Waals surface area contributed by atoms with Crippen LogP contribution in [0.3, 0.4) is 0 Å². The molecule has 4 nitrogen and oxygen atoms in total. The quantitative estimate of drug-likeness (QED) is 0.842. The van der Waals surface area contributed by atoms with Crippen molar-refractivity contribution in [2.24, 2.45) is 0 Å². The van der Waals surface area contributed by atoms with Gasteiger partial charge < -0.3 is 10.1 Å². The molecule has 16 heavy (non-hydrogen) atoms. The molecule has 0 saturated heterocycles. The third kappa shape index (κ3) is 1.86. The number of benzene rings is 1. The van der Waals surface area contributed by atoms with Crippen LogP contribution in [0.5, 0.6) is 5.88 Å². The molecule has 0 aliphatic heterocycles. The lowest BCUT2D eigenvalue weighted by Gasteiger charge is -2.05. The van der Waals surface area contributed by atoms with Crippen molar-refractivity contribution in [2.75, 3.05) is 0 Å². The Morgan fingerprint density at radius 2 is 2.06 bits per heavy atom. The summed E-state index contributed by atoms with van der Waals surface area (Å²) < 4.78 is 0.737. The van der Waals surface area contributed by atoms with Crippen LogP contribution >= 0.6 is 15.9 Å². The van der Waals surface area contributed by atoms with Crippen LogP contribution in [0.4, 0.5) is 0 Å². The largest absolute Gasteiger partial charge is 0.493 e. The molecule has 0 aliphatic rings. The van der Waals surface area contributed by atoms with E-state index in [0.29, 0.717) is 11.4 Å². The third-order valence-electron chi connectivity index (χ3n) is 2.16. The molecule has 0 aliphatic carbocycles. The molecule has 0 atom stereocenters. The minimum atomic E-state index is -0.350. The molecule has 82 valence electrons. The Bertz CT molecular complexity index is 593. The lowest BCUT2D eigenvalue weighted by molar-refractivity contribution is 0.451. The lowest BCUT2D eigenvalue weighted by atomic mass is 10.1. The van der Waals surface area contributed by atoms with Crippen LogP contribution in [-0.2, 0) is 0 Å². The predicted molar refractivity (Wildman–Crippen MR) is 64.4 cm³/mol. The zero-order chi connectivity index (χ0) is 11.7. The summed E-state index contributed by atoms with van der Waals surface area (Å²) in [7, 11) is 0. The molecule has 2 rings (SSSR count). The predicted octanol–water partition coefficient (Wildman–Crippen LogP) is 2.21. The van der Waals surface area contributed by atoms with Gasteiger partial charge in [0.15, 0.2) is 0 Å². The van der Waals surface area contributed by atoms with Gasteiger partial charge in [-0.2, -0.15) is 0 Å². The minimum absolute atomic E-state index is 0.179. The normalized spacial score (nSPS) is 10.4. The highest BCUT2D eigenvalue weighted by Crippen LogP contribution is 2.29. The summed E-state index contributed by atoms with van der Waals surface area (Å²) >= 11 is 3.33. The molecule has 1 heterocycles. The van der Waals surface area contributed by atoms with Crippen molar-refractivity contribution < 1.29 is 5.11 Å². The zero-order valence-electron chi connectivity index (χ0n) is 8.49. The van der Waals surface area contributed by atoms with Crippen LogP contribution in [0, 0.1) is 6.92 Å². The molecule has 0 spiro atoms. The van der Waals surface area contributed by atoms with E-state index in [1.807, 2.05) is 6.07 Å². The molecule has 1 aromatic heterocycles. The molecule has 5 heteroatoms. The van der Waals surface area contributed by atoms with Gasteiger partial charge in [-0.15, -0.1) is 0 Å². The van der Waals surface area contributed by atoms with Gasteiger partial charge in [-0.1, -0.05) is 34.1 Å². The van der Waals surface area contributed by atoms with Gasteiger partial charge in [-0.3, -0.25) is 4.79 Å². The first-order chi connectivity index (χ1) is 7.59. The monoisotopic (exact) mass is 280 g/mol. The Labute approximate surface area is 100 Å². The number of hydrogen-bond acceptors (Lipinski definition) is 3. The summed E-state index contributed by atoms with van der Waals surface area (Å²) in [5, 5.41) is 9.70. The standard InChI is InChI=1S/C11H9BrN2O2/c1-6-13-10(15)9(11(16)14-6)7-4-2-3-5-8(7)12/h2-5H,1H3,(H2,13,14,15,16). The Kier molecular flexibility index (Phi) is 2.78. The van der Waals surface area contributed by atoms with E-state index < -0.39 is 0 Å². The topological polar surface area (TPSA) is 66.0 Å². The van der Waals surface area contributed by atoms with E-state index in [1.165, 1.54) is 0 Å². The van der Waals surface area contributed by atoms with Gasteiger partial charge in [0.2, 0.25) is 5.88 Å². The Balaban J connectivity index is 2.75. The van der Waals surface area contributed by atoms with E-state index in [2.05, 4.69) is 25.9 Å². The van der Waals surface area contributed by atoms with E-state index in [4.69, 9.17) is 0 Å². The number of hydrogen-bond donors (Lipinski definition) is 2. The molecule has 0 fully saturated rings. The van der Waals surface area contributed by atoms with Crippen molar-refractivity contribution in [3.63, 3.8) is 0 Å². The van der Waals surface area contributed by atoms with Gasteiger partial charge in [0.25, 0.3) is 5.56 Å². The van der Waals surface area contributed by atoms with Crippen molar-refractivity contribution in [3.8, 4) is 17.0 Å². The molecule has 1 aromatic carbocycles. The van der Waals surface area contributed by atoms with Gasteiger partial charge in [0, 0.05) is 10.0 Å². The van der Waals surface area contributed by atoms with Crippen LogP contribution in [0.2, 0.25) is 0 Å². The molecular formula is C11H9BrN2O2. The van der Waals surface area contributed by atoms with E-state index in [0.717, 1.165) is 4.47 Å². The van der Waals surface area contributed by atoms with Gasteiger partial charge in [-0.25, -0.2) is 4.98 Å². The zero-order valence-corrected chi connectivity index (χ0v) is 10.1. The second kappa shape index (κ2) is 4.09. The molecule has 0 amide bonds. The lowest BCUT2D eigenvalue weighted by Crippen LogP contribution is -2.12. The first-order valence-electron chi connectivity index (χ1n) is 4.64. The first-order valence-corrected chi connectivity index (χ1v) is 5.43. The smallest absolute Gasteiger partial charge is 0.262 e. The second-order valence-corrected chi connectivity index (χ2v) is 4.18. The number of H-pyrrole nitrogens is 1. The number of aromatic amines is 1. The summed E-state index contributed by atoms with van der Waals surface area (Å²) in [5.74, 6) is 0.131. The number of aromatic nitrogens is 2. The maximum atomic E-state index is 11.7. The molecule has 0 saturated carbocycles. The summed E-state index contributed by atoms with van der Waals surface area (Å²) in [5.41, 5.74) is 0.448. The number of aryl methyl sites for hydroxylation is 1. The SMILES string of the molecule is Cc1nc(O)c(-c2ccccc2Br)c(=O)[nH]1. The van der Waals surface area contributed by atoms with Gasteiger partial charge in [0.1, 0.15) is 11.4 Å². The van der Waals surface area contributed by atoms with Gasteiger partial charge >= 0.3 is 0 Å². The minimum Gasteiger partial charge on any atom is -0.493 e. The third-order valence-corrected chi connectivity index (χ3v) is 2.85. The average molecular weight is 281 g/mol. The van der Waals surface area contributed by atoms with E-state index in [1.54, 1.807) is 25.1 Å².